The summed E-state index contributed by atoms with van der Waals surface area (Å²) in [6.45, 7) is 7.49. The van der Waals surface area contributed by atoms with Crippen LogP contribution in [0.1, 0.15) is 52.4 Å². The third kappa shape index (κ3) is 5.34. The molecule has 6 atom stereocenters. The lowest BCUT2D eigenvalue weighted by atomic mass is 9.78. The van der Waals surface area contributed by atoms with Crippen molar-refractivity contribution in [3.05, 3.63) is 0 Å². The Labute approximate surface area is 185 Å². The van der Waals surface area contributed by atoms with Crippen LogP contribution in [0.5, 0.6) is 0 Å². The van der Waals surface area contributed by atoms with Crippen molar-refractivity contribution in [2.24, 2.45) is 23.5 Å². The number of carbonyl (C=O) groups is 1. The molecule has 1 saturated carbocycles. The molecule has 4 rings (SSSR count). The molecule has 3 saturated heterocycles. The van der Waals surface area contributed by atoms with Gasteiger partial charge in [0, 0.05) is 25.7 Å². The lowest BCUT2D eigenvalue weighted by Gasteiger charge is -2.38. The van der Waals surface area contributed by atoms with Crippen molar-refractivity contribution in [2.75, 3.05) is 33.4 Å². The number of fused-ring (bicyclic) bond motifs is 1. The Balaban J connectivity index is 1.22. The first kappa shape index (κ1) is 23.2. The van der Waals surface area contributed by atoms with Crippen LogP contribution >= 0.6 is 0 Å². The summed E-state index contributed by atoms with van der Waals surface area (Å²) >= 11 is 0. The summed E-state index contributed by atoms with van der Waals surface area (Å²) in [5.41, 5.74) is 10.1. The number of nitrogens with zero attached hydrogens (tertiary/aromatic N) is 2. The van der Waals surface area contributed by atoms with Crippen LogP contribution in [0.4, 0.5) is 4.79 Å². The van der Waals surface area contributed by atoms with Gasteiger partial charge in [0.15, 0.2) is 0 Å². The zero-order valence-corrected chi connectivity index (χ0v) is 19.3. The number of amides is 1. The number of ether oxygens (including phenoxy) is 2. The monoisotopic (exact) mass is 439 g/mol. The molecule has 0 bridgehead atoms. The second-order valence-electron chi connectivity index (χ2n) is 10.6. The molecule has 3 heterocycles. The molecule has 4 aliphatic rings. The Bertz CT molecular complexity index is 627. The topological polar surface area (TPSA) is 112 Å². The molecule has 0 spiro atoms. The Morgan fingerprint density at radius 2 is 2.00 bits per heavy atom. The number of aliphatic hydroxyl groups excluding tert-OH is 1. The van der Waals surface area contributed by atoms with Gasteiger partial charge in [-0.3, -0.25) is 10.7 Å². The summed E-state index contributed by atoms with van der Waals surface area (Å²) in [6.07, 6.45) is 4.66. The number of aliphatic hydroxyl groups is 1. The molecule has 9 nitrogen and oxygen atoms in total. The number of carbonyl (C=O) groups excluding carboxylic acids is 1. The Kier molecular flexibility index (Phi) is 7.10. The number of hydrazine groups is 1. The third-order valence-electron chi connectivity index (χ3n) is 7.92. The second kappa shape index (κ2) is 9.49. The first-order valence-electron chi connectivity index (χ1n) is 11.9. The number of methoxy groups -OCH3 is 1. The van der Waals surface area contributed by atoms with E-state index >= 15 is 0 Å². The van der Waals surface area contributed by atoms with Crippen LogP contribution in [-0.4, -0.2) is 84.5 Å². The molecule has 3 aliphatic heterocycles. The molecule has 6 unspecified atom stereocenters. The van der Waals surface area contributed by atoms with Crippen molar-refractivity contribution >= 4 is 6.09 Å². The predicted octanol–water partition coefficient (Wildman–Crippen LogP) is 0.830. The second-order valence-corrected chi connectivity index (χ2v) is 10.6. The number of nitrogens with two attached hydrogens (primary N) is 1. The summed E-state index contributed by atoms with van der Waals surface area (Å²) in [5, 5.41) is 16.5. The highest BCUT2D eigenvalue weighted by Crippen LogP contribution is 2.37. The van der Waals surface area contributed by atoms with Gasteiger partial charge in [-0.25, -0.2) is 9.80 Å². The molecule has 9 heteroatoms. The molecule has 1 aliphatic carbocycles. The van der Waals surface area contributed by atoms with Gasteiger partial charge in [0.2, 0.25) is 0 Å². The number of likely N-dealkylation sites (tertiary alicyclic amines) is 1. The number of hydrogen-bond acceptors (Lipinski definition) is 8. The highest BCUT2D eigenvalue weighted by Gasteiger charge is 2.44. The highest BCUT2D eigenvalue weighted by molar-refractivity contribution is 5.67. The average molecular weight is 440 g/mol. The number of piperidine rings is 1. The Hall–Kier alpha value is -0.970. The summed E-state index contributed by atoms with van der Waals surface area (Å²) in [6, 6.07) is 0.852. The molecule has 0 aromatic carbocycles. The van der Waals surface area contributed by atoms with Crippen molar-refractivity contribution in [3.8, 4) is 0 Å². The fraction of sp³-hybridized carbons (Fsp3) is 0.955. The van der Waals surface area contributed by atoms with Gasteiger partial charge in [-0.05, 0) is 70.1 Å². The van der Waals surface area contributed by atoms with Gasteiger partial charge in [0.1, 0.15) is 6.23 Å². The Morgan fingerprint density at radius 1 is 1.26 bits per heavy atom. The van der Waals surface area contributed by atoms with Gasteiger partial charge in [0.25, 0.3) is 0 Å². The quantitative estimate of drug-likeness (QED) is 0.466. The van der Waals surface area contributed by atoms with Crippen molar-refractivity contribution in [1.29, 1.82) is 0 Å². The lowest BCUT2D eigenvalue weighted by molar-refractivity contribution is 0.0194. The van der Waals surface area contributed by atoms with E-state index in [-0.39, 0.29) is 29.7 Å². The van der Waals surface area contributed by atoms with Crippen molar-refractivity contribution in [2.45, 2.75) is 82.5 Å². The lowest BCUT2D eigenvalue weighted by Crippen LogP contribution is -2.55. The van der Waals surface area contributed by atoms with E-state index < -0.39 is 6.23 Å². The summed E-state index contributed by atoms with van der Waals surface area (Å²) in [7, 11) is 1.41. The predicted molar refractivity (Wildman–Crippen MR) is 117 cm³/mol. The van der Waals surface area contributed by atoms with Crippen LogP contribution in [-0.2, 0) is 9.47 Å². The van der Waals surface area contributed by atoms with Crippen LogP contribution in [0.15, 0.2) is 0 Å². The van der Waals surface area contributed by atoms with E-state index in [1.54, 1.807) is 4.90 Å². The average Bonchev–Trinajstić information content (AvgIpc) is 3.35. The Morgan fingerprint density at radius 3 is 2.65 bits per heavy atom. The SMILES string of the molecule is COC(=O)N1CCC(C(N)NC(O)C2CCC3CN(C4COC(C)(C)C4)NC3C2)CC1. The van der Waals surface area contributed by atoms with Gasteiger partial charge in [-0.15, -0.1) is 0 Å². The zero-order valence-electron chi connectivity index (χ0n) is 19.3. The van der Waals surface area contributed by atoms with Crippen LogP contribution in [0.3, 0.4) is 0 Å². The van der Waals surface area contributed by atoms with E-state index in [4.69, 9.17) is 15.2 Å². The maximum Gasteiger partial charge on any atom is 0.409 e. The molecule has 0 aromatic heterocycles. The van der Waals surface area contributed by atoms with Gasteiger partial charge in [-0.2, -0.15) is 0 Å². The smallest absolute Gasteiger partial charge is 0.409 e. The molecule has 178 valence electrons. The zero-order chi connectivity index (χ0) is 22.2. The summed E-state index contributed by atoms with van der Waals surface area (Å²) in [4.78, 5) is 13.4. The van der Waals surface area contributed by atoms with E-state index in [1.807, 2.05) is 0 Å². The molecule has 5 N–H and O–H groups in total. The van der Waals surface area contributed by atoms with Gasteiger partial charge in [-0.1, -0.05) is 0 Å². The molecular formula is C22H41N5O4. The first-order valence-corrected chi connectivity index (χ1v) is 11.9. The van der Waals surface area contributed by atoms with Crippen molar-refractivity contribution < 1.29 is 19.4 Å². The fourth-order valence-electron chi connectivity index (χ4n) is 5.95. The van der Waals surface area contributed by atoms with E-state index in [9.17, 15) is 9.90 Å². The number of hydrogen-bond donors (Lipinski definition) is 4. The normalized spacial score (nSPS) is 36.2. The van der Waals surface area contributed by atoms with Crippen LogP contribution in [0.2, 0.25) is 0 Å². The molecule has 0 radical (unpaired) electrons. The summed E-state index contributed by atoms with van der Waals surface area (Å²) in [5.74, 6) is 1.09. The molecule has 31 heavy (non-hydrogen) atoms. The number of rotatable bonds is 5. The van der Waals surface area contributed by atoms with Gasteiger partial charge < -0.3 is 25.2 Å². The van der Waals surface area contributed by atoms with Crippen molar-refractivity contribution in [1.82, 2.24) is 20.7 Å². The van der Waals surface area contributed by atoms with E-state index in [0.717, 1.165) is 51.7 Å². The standard InChI is InChI=1S/C22H41N5O4/c1-22(2)11-17(13-31-22)27-12-16-5-4-15(10-18(16)25-27)20(28)24-19(23)14-6-8-26(9-7-14)21(29)30-3/h14-20,24-25,28H,4-13,23H2,1-3H3. The molecule has 1 amide bonds. The van der Waals surface area contributed by atoms with E-state index in [0.29, 0.717) is 31.1 Å². The maximum atomic E-state index is 11.7. The third-order valence-corrected chi connectivity index (χ3v) is 7.92. The number of nitrogens with one attached hydrogen (secondary N) is 2. The summed E-state index contributed by atoms with van der Waals surface area (Å²) < 4.78 is 10.7. The van der Waals surface area contributed by atoms with Gasteiger partial charge >= 0.3 is 6.09 Å². The van der Waals surface area contributed by atoms with Gasteiger partial charge in [0.05, 0.1) is 31.5 Å². The maximum absolute atomic E-state index is 11.7. The molecule has 4 fully saturated rings. The largest absolute Gasteiger partial charge is 0.453 e. The van der Waals surface area contributed by atoms with Crippen LogP contribution < -0.4 is 16.5 Å². The van der Waals surface area contributed by atoms with Crippen molar-refractivity contribution in [3.63, 3.8) is 0 Å². The molecule has 0 aromatic rings. The fourth-order valence-corrected chi connectivity index (χ4v) is 5.95. The van der Waals surface area contributed by atoms with E-state index in [1.165, 1.54) is 7.11 Å². The van der Waals surface area contributed by atoms with Crippen LogP contribution in [0.25, 0.3) is 0 Å². The van der Waals surface area contributed by atoms with Crippen LogP contribution in [0, 0.1) is 17.8 Å². The minimum Gasteiger partial charge on any atom is -0.453 e. The van der Waals surface area contributed by atoms with E-state index in [2.05, 4.69) is 29.6 Å². The molecular weight excluding hydrogens is 398 g/mol. The minimum atomic E-state index is -0.598. The highest BCUT2D eigenvalue weighted by atomic mass is 16.5. The first-order chi connectivity index (χ1) is 14.8. The minimum absolute atomic E-state index is 0.0358.